The SMILES string of the molecule is CN(Cc1ccco1)c1nc2c(s1)C(O)CCC2. The first kappa shape index (κ1) is 11.7. The summed E-state index contributed by atoms with van der Waals surface area (Å²) in [6.07, 6.45) is 4.23. The summed E-state index contributed by atoms with van der Waals surface area (Å²) in [5.74, 6) is 0.922. The van der Waals surface area contributed by atoms with Crippen molar-refractivity contribution in [2.75, 3.05) is 11.9 Å². The summed E-state index contributed by atoms with van der Waals surface area (Å²) in [5, 5.41) is 10.9. The van der Waals surface area contributed by atoms with Crippen LogP contribution in [0.2, 0.25) is 0 Å². The molecule has 0 saturated heterocycles. The summed E-state index contributed by atoms with van der Waals surface area (Å²) < 4.78 is 5.33. The molecule has 0 saturated carbocycles. The summed E-state index contributed by atoms with van der Waals surface area (Å²) in [6.45, 7) is 0.704. The highest BCUT2D eigenvalue weighted by Gasteiger charge is 2.23. The Balaban J connectivity index is 1.80. The molecule has 2 aromatic heterocycles. The standard InChI is InChI=1S/C13H16N2O2S/c1-15(8-9-4-3-7-17-9)13-14-10-5-2-6-11(16)12(10)18-13/h3-4,7,11,16H,2,5-6,8H2,1H3. The third kappa shape index (κ3) is 2.15. The van der Waals surface area contributed by atoms with E-state index < -0.39 is 0 Å². The molecule has 0 fully saturated rings. The van der Waals surface area contributed by atoms with Crippen molar-refractivity contribution < 1.29 is 9.52 Å². The van der Waals surface area contributed by atoms with Gasteiger partial charge in [0, 0.05) is 7.05 Å². The van der Waals surface area contributed by atoms with Gasteiger partial charge >= 0.3 is 0 Å². The number of aliphatic hydroxyl groups is 1. The Morgan fingerprint density at radius 1 is 1.61 bits per heavy atom. The van der Waals surface area contributed by atoms with E-state index in [2.05, 4.69) is 9.88 Å². The Hall–Kier alpha value is -1.33. The van der Waals surface area contributed by atoms with Crippen LogP contribution < -0.4 is 4.90 Å². The molecule has 2 aromatic rings. The molecule has 1 aliphatic rings. The predicted octanol–water partition coefficient (Wildman–Crippen LogP) is 2.74. The number of rotatable bonds is 3. The molecular formula is C13H16N2O2S. The van der Waals surface area contributed by atoms with Gasteiger partial charge in [-0.3, -0.25) is 0 Å². The number of thiazole rings is 1. The molecule has 0 radical (unpaired) electrons. The van der Waals surface area contributed by atoms with E-state index >= 15 is 0 Å². The lowest BCUT2D eigenvalue weighted by molar-refractivity contribution is 0.160. The number of hydrogen-bond donors (Lipinski definition) is 1. The van der Waals surface area contributed by atoms with Crippen molar-refractivity contribution in [3.05, 3.63) is 34.7 Å². The summed E-state index contributed by atoms with van der Waals surface area (Å²) in [6, 6.07) is 3.85. The van der Waals surface area contributed by atoms with Gasteiger partial charge in [0.25, 0.3) is 0 Å². The Morgan fingerprint density at radius 3 is 3.22 bits per heavy atom. The number of aromatic nitrogens is 1. The molecular weight excluding hydrogens is 248 g/mol. The highest BCUT2D eigenvalue weighted by atomic mass is 32.1. The lowest BCUT2D eigenvalue weighted by atomic mass is 10.0. The fourth-order valence-corrected chi connectivity index (χ4v) is 3.34. The van der Waals surface area contributed by atoms with Gasteiger partial charge in [-0.1, -0.05) is 11.3 Å². The minimum atomic E-state index is -0.322. The molecule has 5 heteroatoms. The molecule has 0 spiro atoms. The normalized spacial score (nSPS) is 18.7. The molecule has 18 heavy (non-hydrogen) atoms. The summed E-state index contributed by atoms with van der Waals surface area (Å²) >= 11 is 1.60. The zero-order valence-electron chi connectivity index (χ0n) is 10.3. The third-order valence-corrected chi connectivity index (χ3v) is 4.52. The van der Waals surface area contributed by atoms with Crippen LogP contribution in [0.15, 0.2) is 22.8 Å². The number of aliphatic hydroxyl groups excluding tert-OH is 1. The van der Waals surface area contributed by atoms with Crippen LogP contribution in [0.1, 0.15) is 35.3 Å². The van der Waals surface area contributed by atoms with Gasteiger partial charge in [0.05, 0.1) is 29.5 Å². The molecule has 1 unspecified atom stereocenters. The van der Waals surface area contributed by atoms with E-state index in [-0.39, 0.29) is 6.10 Å². The van der Waals surface area contributed by atoms with Gasteiger partial charge in [-0.25, -0.2) is 4.98 Å². The second-order valence-corrected chi connectivity index (χ2v) is 5.66. The minimum Gasteiger partial charge on any atom is -0.467 e. The largest absolute Gasteiger partial charge is 0.467 e. The number of fused-ring (bicyclic) bond motifs is 1. The first-order valence-corrected chi connectivity index (χ1v) is 6.97. The van der Waals surface area contributed by atoms with Crippen LogP contribution in [0.5, 0.6) is 0 Å². The monoisotopic (exact) mass is 264 g/mol. The highest BCUT2D eigenvalue weighted by molar-refractivity contribution is 7.15. The van der Waals surface area contributed by atoms with Crippen molar-refractivity contribution in [2.45, 2.75) is 31.9 Å². The predicted molar refractivity (Wildman–Crippen MR) is 70.8 cm³/mol. The molecule has 2 heterocycles. The van der Waals surface area contributed by atoms with Crippen LogP contribution in [0.3, 0.4) is 0 Å². The molecule has 1 N–H and O–H groups in total. The van der Waals surface area contributed by atoms with Gasteiger partial charge in [-0.05, 0) is 31.4 Å². The van der Waals surface area contributed by atoms with Gasteiger partial charge in [0.2, 0.25) is 0 Å². The second kappa shape index (κ2) is 4.74. The van der Waals surface area contributed by atoms with Crippen LogP contribution in [-0.2, 0) is 13.0 Å². The van der Waals surface area contributed by atoms with Gasteiger partial charge < -0.3 is 14.4 Å². The molecule has 0 aromatic carbocycles. The topological polar surface area (TPSA) is 49.5 Å². The molecule has 4 nitrogen and oxygen atoms in total. The average Bonchev–Trinajstić information content (AvgIpc) is 2.97. The molecule has 0 amide bonds. The summed E-state index contributed by atoms with van der Waals surface area (Å²) in [4.78, 5) is 7.73. The molecule has 1 atom stereocenters. The van der Waals surface area contributed by atoms with E-state index in [1.807, 2.05) is 19.2 Å². The average molecular weight is 264 g/mol. The second-order valence-electron chi connectivity index (χ2n) is 4.65. The molecule has 3 rings (SSSR count). The smallest absolute Gasteiger partial charge is 0.186 e. The Morgan fingerprint density at radius 2 is 2.50 bits per heavy atom. The van der Waals surface area contributed by atoms with Crippen molar-refractivity contribution >= 4 is 16.5 Å². The number of anilines is 1. The summed E-state index contributed by atoms with van der Waals surface area (Å²) in [7, 11) is 2.00. The number of nitrogens with zero attached hydrogens (tertiary/aromatic N) is 2. The van der Waals surface area contributed by atoms with Crippen LogP contribution in [0, 0.1) is 0 Å². The Kier molecular flexibility index (Phi) is 3.09. The molecule has 0 aliphatic heterocycles. The lowest BCUT2D eigenvalue weighted by Gasteiger charge is -2.14. The van der Waals surface area contributed by atoms with Crippen molar-refractivity contribution in [1.82, 2.24) is 4.98 Å². The molecule has 0 bridgehead atoms. The van der Waals surface area contributed by atoms with Crippen molar-refractivity contribution in [3.8, 4) is 0 Å². The van der Waals surface area contributed by atoms with Gasteiger partial charge in [-0.2, -0.15) is 0 Å². The van der Waals surface area contributed by atoms with Gasteiger partial charge in [0.1, 0.15) is 5.76 Å². The fraction of sp³-hybridized carbons (Fsp3) is 0.462. The van der Waals surface area contributed by atoms with Gasteiger partial charge in [-0.15, -0.1) is 0 Å². The Bertz CT molecular complexity index is 521. The first-order chi connectivity index (χ1) is 8.74. The van der Waals surface area contributed by atoms with Crippen molar-refractivity contribution in [1.29, 1.82) is 0 Å². The highest BCUT2D eigenvalue weighted by Crippen LogP contribution is 2.37. The van der Waals surface area contributed by atoms with E-state index in [9.17, 15) is 5.11 Å². The van der Waals surface area contributed by atoms with E-state index in [1.165, 1.54) is 0 Å². The van der Waals surface area contributed by atoms with E-state index in [4.69, 9.17) is 4.42 Å². The van der Waals surface area contributed by atoms with E-state index in [1.54, 1.807) is 17.6 Å². The number of hydrogen-bond acceptors (Lipinski definition) is 5. The molecule has 96 valence electrons. The van der Waals surface area contributed by atoms with Crippen LogP contribution in [0.4, 0.5) is 5.13 Å². The number of aryl methyl sites for hydroxylation is 1. The van der Waals surface area contributed by atoms with Crippen LogP contribution >= 0.6 is 11.3 Å². The van der Waals surface area contributed by atoms with Crippen LogP contribution in [-0.4, -0.2) is 17.1 Å². The molecule has 1 aliphatic carbocycles. The lowest BCUT2D eigenvalue weighted by Crippen LogP contribution is -2.15. The van der Waals surface area contributed by atoms with E-state index in [0.29, 0.717) is 6.54 Å². The van der Waals surface area contributed by atoms with Crippen molar-refractivity contribution in [2.24, 2.45) is 0 Å². The van der Waals surface area contributed by atoms with E-state index in [0.717, 1.165) is 40.7 Å². The van der Waals surface area contributed by atoms with Crippen LogP contribution in [0.25, 0.3) is 0 Å². The summed E-state index contributed by atoms with van der Waals surface area (Å²) in [5.41, 5.74) is 1.07. The maximum Gasteiger partial charge on any atom is 0.186 e. The van der Waals surface area contributed by atoms with Gasteiger partial charge in [0.15, 0.2) is 5.13 Å². The quantitative estimate of drug-likeness (QED) is 0.926. The zero-order chi connectivity index (χ0) is 12.5. The zero-order valence-corrected chi connectivity index (χ0v) is 11.1. The minimum absolute atomic E-state index is 0.322. The maximum atomic E-state index is 9.95. The first-order valence-electron chi connectivity index (χ1n) is 6.15. The fourth-order valence-electron chi connectivity index (χ4n) is 2.25. The maximum absolute atomic E-state index is 9.95. The van der Waals surface area contributed by atoms with Crippen molar-refractivity contribution in [3.63, 3.8) is 0 Å². The third-order valence-electron chi connectivity index (χ3n) is 3.21. The Labute approximate surface area is 110 Å². The number of furan rings is 1.